The number of alkyl halides is 3. The molecule has 0 amide bonds. The van der Waals surface area contributed by atoms with Crippen LogP contribution in [0, 0.1) is 5.82 Å². The maximum absolute atomic E-state index is 15.6. The van der Waals surface area contributed by atoms with E-state index in [0.29, 0.717) is 5.56 Å². The number of carbonyl (C=O) groups is 3. The predicted octanol–water partition coefficient (Wildman–Crippen LogP) is 6.74. The summed E-state index contributed by atoms with van der Waals surface area (Å²) < 4.78 is 68.5. The lowest BCUT2D eigenvalue weighted by Gasteiger charge is -2.15. The summed E-state index contributed by atoms with van der Waals surface area (Å²) >= 11 is 0. The molecule has 0 aliphatic rings. The third-order valence-electron chi connectivity index (χ3n) is 5.72. The van der Waals surface area contributed by atoms with Crippen molar-refractivity contribution in [2.45, 2.75) is 6.18 Å². The van der Waals surface area contributed by atoms with E-state index in [2.05, 4.69) is 27.9 Å². The molecule has 0 saturated heterocycles. The van der Waals surface area contributed by atoms with E-state index >= 15 is 4.39 Å². The molecule has 12 heteroatoms. The van der Waals surface area contributed by atoms with E-state index in [4.69, 9.17) is 9.47 Å². The van der Waals surface area contributed by atoms with Gasteiger partial charge in [0.15, 0.2) is 5.82 Å². The van der Waals surface area contributed by atoms with Gasteiger partial charge in [-0.1, -0.05) is 49.6 Å². The number of hydrogen-bond donors (Lipinski definition) is 0. The zero-order valence-corrected chi connectivity index (χ0v) is 22.1. The molecular weight excluding hydrogens is 572 g/mol. The van der Waals surface area contributed by atoms with Crippen LogP contribution in [0.15, 0.2) is 104 Å². The third-order valence-corrected chi connectivity index (χ3v) is 5.72. The first-order chi connectivity index (χ1) is 20.5. The van der Waals surface area contributed by atoms with Crippen molar-refractivity contribution in [2.24, 2.45) is 0 Å². The van der Waals surface area contributed by atoms with Crippen LogP contribution in [0.25, 0.3) is 22.5 Å². The Morgan fingerprint density at radius 1 is 0.814 bits per heavy atom. The van der Waals surface area contributed by atoms with Gasteiger partial charge in [0.1, 0.15) is 18.2 Å². The fourth-order valence-corrected chi connectivity index (χ4v) is 3.65. The zero-order chi connectivity index (χ0) is 31.1. The summed E-state index contributed by atoms with van der Waals surface area (Å²) in [4.78, 5) is 45.6. The Bertz CT molecular complexity index is 1690. The molecule has 218 valence electrons. The number of allylic oxidation sites excluding steroid dienone is 1. The molecule has 0 unspecified atom stereocenters. The Labute approximate surface area is 241 Å². The van der Waals surface area contributed by atoms with Crippen molar-refractivity contribution >= 4 is 17.9 Å². The average molecular weight is 593 g/mol. The lowest BCUT2D eigenvalue weighted by atomic mass is 9.96. The zero-order valence-electron chi connectivity index (χ0n) is 22.1. The lowest BCUT2D eigenvalue weighted by Crippen LogP contribution is -2.19. The number of nitrogens with zero attached hydrogens (tertiary/aromatic N) is 2. The molecule has 4 rings (SSSR count). The molecule has 0 radical (unpaired) electrons. The summed E-state index contributed by atoms with van der Waals surface area (Å²) in [7, 11) is 0. The van der Waals surface area contributed by atoms with E-state index < -0.39 is 41.2 Å². The molecular formula is C31H20F4N2O6. The molecule has 0 bridgehead atoms. The molecule has 8 nitrogen and oxygen atoms in total. The first-order valence-electron chi connectivity index (χ1n) is 12.3. The fraction of sp³-hybridized carbons (Fsp3) is 0.0645. The second kappa shape index (κ2) is 12.9. The standard InChI is InChI=1S/C31H20F4N2O6/c1-3-15-41-28(38)21-16-36-27(37-17-21)20-9-11-22(12-10-20)43-29(39)23-13-14-24(30(40)42-18(2)31(33,34)35)26(32)25(23)19-7-5-4-6-8-19/h3-14,16-17H,1-2,15H2. The lowest BCUT2D eigenvalue weighted by molar-refractivity contribution is -0.122. The number of carbonyl (C=O) groups excluding carboxylic acids is 3. The van der Waals surface area contributed by atoms with Crippen LogP contribution in [0.3, 0.4) is 0 Å². The van der Waals surface area contributed by atoms with E-state index in [1.807, 2.05) is 0 Å². The van der Waals surface area contributed by atoms with Crippen molar-refractivity contribution in [3.8, 4) is 28.3 Å². The van der Waals surface area contributed by atoms with E-state index in [0.717, 1.165) is 12.1 Å². The summed E-state index contributed by atoms with van der Waals surface area (Å²) in [6.45, 7) is 6.14. The van der Waals surface area contributed by atoms with Crippen molar-refractivity contribution in [3.05, 3.63) is 127 Å². The van der Waals surface area contributed by atoms with Gasteiger partial charge in [-0.05, 0) is 42.0 Å². The summed E-state index contributed by atoms with van der Waals surface area (Å²) in [5.74, 6) is -6.05. The summed E-state index contributed by atoms with van der Waals surface area (Å²) in [5, 5.41) is 0. The summed E-state index contributed by atoms with van der Waals surface area (Å²) in [5.41, 5.74) is -0.714. The Kier molecular flexibility index (Phi) is 9.09. The minimum absolute atomic E-state index is 0.0368. The van der Waals surface area contributed by atoms with Crippen LogP contribution in [-0.4, -0.2) is 40.7 Å². The summed E-state index contributed by atoms with van der Waals surface area (Å²) in [6, 6.07) is 15.4. The average Bonchev–Trinajstić information content (AvgIpc) is 3.00. The Morgan fingerprint density at radius 2 is 1.44 bits per heavy atom. The maximum atomic E-state index is 15.6. The van der Waals surface area contributed by atoms with E-state index in [1.165, 1.54) is 54.9 Å². The monoisotopic (exact) mass is 592 g/mol. The second-order valence-electron chi connectivity index (χ2n) is 8.62. The quantitative estimate of drug-likeness (QED) is 0.0692. The van der Waals surface area contributed by atoms with Crippen molar-refractivity contribution in [3.63, 3.8) is 0 Å². The molecule has 0 saturated carbocycles. The molecule has 0 fully saturated rings. The molecule has 0 N–H and O–H groups in total. The molecule has 0 spiro atoms. The van der Waals surface area contributed by atoms with Crippen molar-refractivity contribution in [1.82, 2.24) is 9.97 Å². The van der Waals surface area contributed by atoms with E-state index in [1.54, 1.807) is 18.2 Å². The Balaban J connectivity index is 1.57. The second-order valence-corrected chi connectivity index (χ2v) is 8.62. The SMILES string of the molecule is C=CCOC(=O)c1cnc(-c2ccc(OC(=O)c3ccc(C(=O)OC(=C)C(F)(F)F)c(F)c3-c3ccccc3)cc2)nc1. The van der Waals surface area contributed by atoms with Crippen LogP contribution in [0.4, 0.5) is 17.6 Å². The Hall–Kier alpha value is -5.65. The molecule has 43 heavy (non-hydrogen) atoms. The number of rotatable bonds is 9. The normalized spacial score (nSPS) is 10.9. The van der Waals surface area contributed by atoms with Gasteiger partial charge < -0.3 is 14.2 Å². The van der Waals surface area contributed by atoms with Crippen molar-refractivity contribution < 1.29 is 46.2 Å². The highest BCUT2D eigenvalue weighted by Crippen LogP contribution is 2.32. The van der Waals surface area contributed by atoms with Gasteiger partial charge in [-0.2, -0.15) is 13.2 Å². The van der Waals surface area contributed by atoms with Gasteiger partial charge >= 0.3 is 24.1 Å². The predicted molar refractivity (Wildman–Crippen MR) is 145 cm³/mol. The van der Waals surface area contributed by atoms with E-state index in [-0.39, 0.29) is 40.4 Å². The van der Waals surface area contributed by atoms with Crippen molar-refractivity contribution in [1.29, 1.82) is 0 Å². The van der Waals surface area contributed by atoms with E-state index in [9.17, 15) is 27.6 Å². The van der Waals surface area contributed by atoms with Crippen LogP contribution in [0.5, 0.6) is 5.75 Å². The fourth-order valence-electron chi connectivity index (χ4n) is 3.65. The number of hydrogen-bond acceptors (Lipinski definition) is 8. The number of benzene rings is 3. The molecule has 0 atom stereocenters. The van der Waals surface area contributed by atoms with Crippen LogP contribution in [0.1, 0.15) is 31.1 Å². The van der Waals surface area contributed by atoms with Crippen LogP contribution >= 0.6 is 0 Å². The highest BCUT2D eigenvalue weighted by molar-refractivity contribution is 6.01. The topological polar surface area (TPSA) is 105 Å². The first-order valence-corrected chi connectivity index (χ1v) is 12.3. The summed E-state index contributed by atoms with van der Waals surface area (Å²) in [6.07, 6.45) is -1.03. The smallest absolute Gasteiger partial charge is 0.449 e. The highest BCUT2D eigenvalue weighted by atomic mass is 19.4. The maximum Gasteiger partial charge on any atom is 0.449 e. The van der Waals surface area contributed by atoms with Gasteiger partial charge in [-0.3, -0.25) is 0 Å². The van der Waals surface area contributed by atoms with Crippen LogP contribution < -0.4 is 4.74 Å². The molecule has 4 aromatic rings. The highest BCUT2D eigenvalue weighted by Gasteiger charge is 2.36. The molecule has 0 aliphatic carbocycles. The van der Waals surface area contributed by atoms with Gasteiger partial charge in [0, 0.05) is 23.5 Å². The third kappa shape index (κ3) is 7.17. The number of ether oxygens (including phenoxy) is 3. The number of aromatic nitrogens is 2. The van der Waals surface area contributed by atoms with Gasteiger partial charge in [0.2, 0.25) is 5.76 Å². The molecule has 0 aliphatic heterocycles. The van der Waals surface area contributed by atoms with Gasteiger partial charge in [-0.25, -0.2) is 28.7 Å². The molecule has 3 aromatic carbocycles. The van der Waals surface area contributed by atoms with Gasteiger partial charge in [0.25, 0.3) is 0 Å². The minimum Gasteiger partial charge on any atom is -0.458 e. The van der Waals surface area contributed by atoms with Gasteiger partial charge in [0.05, 0.1) is 16.7 Å². The van der Waals surface area contributed by atoms with Crippen LogP contribution in [-0.2, 0) is 9.47 Å². The number of halogens is 4. The molecule has 1 aromatic heterocycles. The Morgan fingerprint density at radius 3 is 2.05 bits per heavy atom. The van der Waals surface area contributed by atoms with Gasteiger partial charge in [-0.15, -0.1) is 0 Å². The van der Waals surface area contributed by atoms with Crippen LogP contribution in [0.2, 0.25) is 0 Å². The first kappa shape index (κ1) is 30.3. The largest absolute Gasteiger partial charge is 0.458 e. The van der Waals surface area contributed by atoms with Crippen molar-refractivity contribution in [2.75, 3.05) is 6.61 Å². The minimum atomic E-state index is -5.04. The number of esters is 3. The molecule has 1 heterocycles.